The number of likely N-dealkylation sites (tertiary alicyclic amines) is 1. The highest BCUT2D eigenvalue weighted by Crippen LogP contribution is 2.23. The largest absolute Gasteiger partial charge is 0.375 e. The van der Waals surface area contributed by atoms with Crippen molar-refractivity contribution < 1.29 is 4.79 Å². The van der Waals surface area contributed by atoms with E-state index in [1.54, 1.807) is 7.05 Å². The van der Waals surface area contributed by atoms with Gasteiger partial charge in [0.2, 0.25) is 5.91 Å². The predicted octanol–water partition coefficient (Wildman–Crippen LogP) is 0.683. The van der Waals surface area contributed by atoms with Gasteiger partial charge in [0.05, 0.1) is 0 Å². The summed E-state index contributed by atoms with van der Waals surface area (Å²) in [6.07, 6.45) is 3.58. The molecular weight excluding hydrogens is 236 g/mol. The van der Waals surface area contributed by atoms with Crippen molar-refractivity contribution >= 4 is 22.4 Å². The van der Waals surface area contributed by atoms with Crippen molar-refractivity contribution in [3.8, 4) is 0 Å². The molecule has 1 aromatic rings. The van der Waals surface area contributed by atoms with E-state index in [-0.39, 0.29) is 5.91 Å². The van der Waals surface area contributed by atoms with E-state index in [1.807, 2.05) is 6.20 Å². The molecule has 0 radical (unpaired) electrons. The van der Waals surface area contributed by atoms with Gasteiger partial charge in [-0.25, -0.2) is 4.98 Å². The number of carbonyl (C=O) groups is 1. The Morgan fingerprint density at radius 3 is 3.24 bits per heavy atom. The zero-order chi connectivity index (χ0) is 12.3. The maximum absolute atomic E-state index is 11.3. The number of carbonyl (C=O) groups excluding carboxylic acids is 1. The van der Waals surface area contributed by atoms with Crippen LogP contribution in [0.25, 0.3) is 0 Å². The van der Waals surface area contributed by atoms with Gasteiger partial charge in [-0.05, 0) is 18.9 Å². The first kappa shape index (κ1) is 12.3. The van der Waals surface area contributed by atoms with Gasteiger partial charge in [0.25, 0.3) is 0 Å². The quantitative estimate of drug-likeness (QED) is 0.829. The molecule has 1 unspecified atom stereocenters. The van der Waals surface area contributed by atoms with Crippen molar-refractivity contribution in [2.24, 2.45) is 5.92 Å². The van der Waals surface area contributed by atoms with E-state index in [9.17, 15) is 4.79 Å². The molecule has 0 aromatic carbocycles. The van der Waals surface area contributed by atoms with Crippen molar-refractivity contribution in [1.82, 2.24) is 15.2 Å². The number of rotatable bonds is 4. The highest BCUT2D eigenvalue weighted by Gasteiger charge is 2.24. The van der Waals surface area contributed by atoms with Crippen LogP contribution in [-0.4, -0.2) is 35.9 Å². The first-order valence-corrected chi connectivity index (χ1v) is 6.62. The summed E-state index contributed by atoms with van der Waals surface area (Å²) in [6.45, 7) is 2.95. The molecule has 1 aliphatic heterocycles. The van der Waals surface area contributed by atoms with Crippen LogP contribution in [0, 0.1) is 5.92 Å². The second-order valence-corrected chi connectivity index (χ2v) is 5.58. The number of nitrogen functional groups attached to an aromatic ring is 1. The standard InChI is InChI=1S/C11H18N4OS/c1-13-10(16)4-8-2-3-15(6-8)7-9-5-14-11(12)17-9/h5,8H,2-4,6-7H2,1H3,(H2,12,14)(H,13,16). The highest BCUT2D eigenvalue weighted by molar-refractivity contribution is 7.15. The van der Waals surface area contributed by atoms with Crippen molar-refractivity contribution in [3.05, 3.63) is 11.1 Å². The fraction of sp³-hybridized carbons (Fsp3) is 0.636. The molecule has 0 aliphatic carbocycles. The van der Waals surface area contributed by atoms with Crippen LogP contribution in [0.2, 0.25) is 0 Å². The number of anilines is 1. The number of nitrogens with two attached hydrogens (primary N) is 1. The molecule has 2 heterocycles. The molecule has 94 valence electrons. The van der Waals surface area contributed by atoms with Gasteiger partial charge in [-0.1, -0.05) is 0 Å². The number of aromatic nitrogens is 1. The molecule has 0 bridgehead atoms. The van der Waals surface area contributed by atoms with E-state index < -0.39 is 0 Å². The maximum atomic E-state index is 11.3. The molecule has 1 fully saturated rings. The van der Waals surface area contributed by atoms with Gasteiger partial charge in [0.1, 0.15) is 0 Å². The molecule has 1 amide bonds. The Balaban J connectivity index is 1.80. The van der Waals surface area contributed by atoms with Crippen LogP contribution in [0.1, 0.15) is 17.7 Å². The third-order valence-corrected chi connectivity index (χ3v) is 3.89. The van der Waals surface area contributed by atoms with Crippen molar-refractivity contribution in [3.63, 3.8) is 0 Å². The van der Waals surface area contributed by atoms with Gasteiger partial charge in [0.15, 0.2) is 5.13 Å². The van der Waals surface area contributed by atoms with Crippen LogP contribution in [-0.2, 0) is 11.3 Å². The lowest BCUT2D eigenvalue weighted by Crippen LogP contribution is -2.24. The minimum Gasteiger partial charge on any atom is -0.375 e. The first-order valence-electron chi connectivity index (χ1n) is 5.80. The van der Waals surface area contributed by atoms with E-state index in [2.05, 4.69) is 15.2 Å². The van der Waals surface area contributed by atoms with E-state index in [0.29, 0.717) is 17.5 Å². The Bertz CT molecular complexity index is 393. The van der Waals surface area contributed by atoms with Crippen LogP contribution < -0.4 is 11.1 Å². The molecule has 1 aliphatic rings. The zero-order valence-corrected chi connectivity index (χ0v) is 10.8. The van der Waals surface area contributed by atoms with Crippen LogP contribution >= 0.6 is 11.3 Å². The average Bonchev–Trinajstić information content (AvgIpc) is 2.89. The predicted molar refractivity (Wildman–Crippen MR) is 68.6 cm³/mol. The molecule has 0 spiro atoms. The van der Waals surface area contributed by atoms with Gasteiger partial charge in [0, 0.05) is 37.6 Å². The average molecular weight is 254 g/mol. The fourth-order valence-electron chi connectivity index (χ4n) is 2.20. The summed E-state index contributed by atoms with van der Waals surface area (Å²) >= 11 is 1.54. The molecule has 3 N–H and O–H groups in total. The van der Waals surface area contributed by atoms with Gasteiger partial charge >= 0.3 is 0 Å². The monoisotopic (exact) mass is 254 g/mol. The first-order chi connectivity index (χ1) is 8.17. The van der Waals surface area contributed by atoms with Crippen molar-refractivity contribution in [2.45, 2.75) is 19.4 Å². The Labute approximate surface area is 105 Å². The summed E-state index contributed by atoms with van der Waals surface area (Å²) in [5, 5.41) is 3.30. The Morgan fingerprint density at radius 2 is 2.59 bits per heavy atom. The van der Waals surface area contributed by atoms with E-state index >= 15 is 0 Å². The highest BCUT2D eigenvalue weighted by atomic mass is 32.1. The zero-order valence-electron chi connectivity index (χ0n) is 9.98. The number of hydrogen-bond acceptors (Lipinski definition) is 5. The number of nitrogens with zero attached hydrogens (tertiary/aromatic N) is 2. The summed E-state index contributed by atoms with van der Waals surface area (Å²) in [7, 11) is 1.69. The van der Waals surface area contributed by atoms with Gasteiger partial charge in [-0.3, -0.25) is 9.69 Å². The molecule has 17 heavy (non-hydrogen) atoms. The fourth-order valence-corrected chi connectivity index (χ4v) is 2.93. The molecule has 1 saturated heterocycles. The van der Waals surface area contributed by atoms with E-state index in [1.165, 1.54) is 16.2 Å². The van der Waals surface area contributed by atoms with Gasteiger partial charge in [-0.15, -0.1) is 11.3 Å². The molecule has 1 atom stereocenters. The van der Waals surface area contributed by atoms with E-state index in [0.717, 1.165) is 26.1 Å². The topological polar surface area (TPSA) is 71.2 Å². The minimum absolute atomic E-state index is 0.138. The summed E-state index contributed by atoms with van der Waals surface area (Å²) in [4.78, 5) is 18.9. The SMILES string of the molecule is CNC(=O)CC1CCN(Cc2cnc(N)s2)C1. The lowest BCUT2D eigenvalue weighted by atomic mass is 10.1. The van der Waals surface area contributed by atoms with Crippen LogP contribution in [0.5, 0.6) is 0 Å². The second kappa shape index (κ2) is 5.46. The van der Waals surface area contributed by atoms with Crippen molar-refractivity contribution in [2.75, 3.05) is 25.9 Å². The van der Waals surface area contributed by atoms with Crippen LogP contribution in [0.15, 0.2) is 6.20 Å². The third kappa shape index (κ3) is 3.41. The van der Waals surface area contributed by atoms with Crippen LogP contribution in [0.3, 0.4) is 0 Å². The van der Waals surface area contributed by atoms with Gasteiger partial charge < -0.3 is 11.1 Å². The molecule has 1 aromatic heterocycles. The summed E-state index contributed by atoms with van der Waals surface area (Å²) in [6, 6.07) is 0. The second-order valence-electron chi connectivity index (χ2n) is 4.43. The number of hydrogen-bond donors (Lipinski definition) is 2. The number of nitrogens with one attached hydrogen (secondary N) is 1. The summed E-state index contributed by atoms with van der Waals surface area (Å²) < 4.78 is 0. The normalized spacial score (nSPS) is 20.6. The Morgan fingerprint density at radius 1 is 1.76 bits per heavy atom. The number of thiazole rings is 1. The molecule has 5 nitrogen and oxygen atoms in total. The summed E-state index contributed by atoms with van der Waals surface area (Å²) in [5.41, 5.74) is 5.60. The molecule has 2 rings (SSSR count). The van der Waals surface area contributed by atoms with Gasteiger partial charge in [-0.2, -0.15) is 0 Å². The maximum Gasteiger partial charge on any atom is 0.220 e. The third-order valence-electron chi connectivity index (χ3n) is 3.07. The van der Waals surface area contributed by atoms with Crippen molar-refractivity contribution in [1.29, 1.82) is 0 Å². The lowest BCUT2D eigenvalue weighted by molar-refractivity contribution is -0.121. The Kier molecular flexibility index (Phi) is 3.96. The molecule has 0 saturated carbocycles. The Hall–Kier alpha value is -1.14. The minimum atomic E-state index is 0.138. The number of amides is 1. The summed E-state index contributed by atoms with van der Waals surface area (Å²) in [5.74, 6) is 0.624. The molecular formula is C11H18N4OS. The molecule has 6 heteroatoms. The lowest BCUT2D eigenvalue weighted by Gasteiger charge is -2.14. The smallest absolute Gasteiger partial charge is 0.220 e. The van der Waals surface area contributed by atoms with Crippen LogP contribution in [0.4, 0.5) is 5.13 Å². The van der Waals surface area contributed by atoms with E-state index in [4.69, 9.17) is 5.73 Å².